The van der Waals surface area contributed by atoms with Crippen LogP contribution < -0.4 is 0 Å². The van der Waals surface area contributed by atoms with Crippen LogP contribution in [0.5, 0.6) is 0 Å². The number of carbonyl (C=O) groups excluding carboxylic acids is 2. The predicted octanol–water partition coefficient (Wildman–Crippen LogP) is 7.28. The van der Waals surface area contributed by atoms with Crippen LogP contribution in [0.3, 0.4) is 0 Å². The molecule has 7 nitrogen and oxygen atoms in total. The van der Waals surface area contributed by atoms with Crippen molar-refractivity contribution in [3.8, 4) is 0 Å². The summed E-state index contributed by atoms with van der Waals surface area (Å²) in [5, 5.41) is 10.1. The van der Waals surface area contributed by atoms with Gasteiger partial charge in [0.2, 0.25) is 11.8 Å². The average molecular weight is 604 g/mol. The number of aliphatic imine (C=N–C) groups is 1. The number of rotatable bonds is 7. The van der Waals surface area contributed by atoms with Crippen LogP contribution in [0.4, 0.5) is 14.9 Å². The molecule has 1 saturated heterocycles. The molecule has 3 amide bonds. The first-order valence-electron chi connectivity index (χ1n) is 15.2. The zero-order chi connectivity index (χ0) is 31.5. The molecule has 0 aromatic heterocycles. The van der Waals surface area contributed by atoms with E-state index in [1.54, 1.807) is 17.0 Å². The molecule has 2 aliphatic rings. The van der Waals surface area contributed by atoms with Gasteiger partial charge >= 0.3 is 6.09 Å². The van der Waals surface area contributed by atoms with Crippen molar-refractivity contribution in [2.24, 2.45) is 4.99 Å². The largest absolute Gasteiger partial charge is 0.465 e. The van der Waals surface area contributed by atoms with E-state index in [9.17, 15) is 23.9 Å². The number of aryl methyl sites for hydroxylation is 1. The number of imide groups is 1. The molecule has 1 aliphatic heterocycles. The fourth-order valence-corrected chi connectivity index (χ4v) is 6.61. The Bertz CT molecular complexity index is 1700. The summed E-state index contributed by atoms with van der Waals surface area (Å²) in [5.74, 6) is -2.09. The third-order valence-corrected chi connectivity index (χ3v) is 8.84. The minimum absolute atomic E-state index is 0.138. The maximum Gasteiger partial charge on any atom is 0.414 e. The number of amides is 3. The molecule has 1 N–H and O–H groups in total. The van der Waals surface area contributed by atoms with Crippen molar-refractivity contribution >= 4 is 29.3 Å². The number of halogens is 1. The second-order valence-electron chi connectivity index (χ2n) is 11.7. The van der Waals surface area contributed by atoms with Crippen LogP contribution in [0.25, 0.3) is 0 Å². The maximum absolute atomic E-state index is 13.7. The third kappa shape index (κ3) is 6.27. The summed E-state index contributed by atoms with van der Waals surface area (Å²) in [7, 11) is 0. The summed E-state index contributed by atoms with van der Waals surface area (Å²) in [6, 6.07) is 31.1. The molecule has 228 valence electrons. The number of carbonyl (C=O) groups is 3. The summed E-state index contributed by atoms with van der Waals surface area (Å²) < 4.78 is 13.5. The van der Waals surface area contributed by atoms with Gasteiger partial charge in [-0.2, -0.15) is 0 Å². The molecule has 1 aliphatic carbocycles. The van der Waals surface area contributed by atoms with E-state index in [4.69, 9.17) is 4.99 Å². The van der Waals surface area contributed by atoms with Gasteiger partial charge in [0.1, 0.15) is 12.4 Å². The quantitative estimate of drug-likeness (QED) is 0.225. The first-order chi connectivity index (χ1) is 21.8. The van der Waals surface area contributed by atoms with Crippen molar-refractivity contribution in [1.29, 1.82) is 0 Å². The number of hydrogen-bond donors (Lipinski definition) is 1. The Morgan fingerprint density at radius 3 is 2.13 bits per heavy atom. The molecule has 0 saturated carbocycles. The van der Waals surface area contributed by atoms with Gasteiger partial charge in [0.15, 0.2) is 0 Å². The van der Waals surface area contributed by atoms with Crippen LogP contribution in [-0.2, 0) is 16.0 Å². The highest BCUT2D eigenvalue weighted by Gasteiger charge is 2.40. The number of fused-ring (bicyclic) bond motifs is 1. The molecule has 4 aromatic carbocycles. The van der Waals surface area contributed by atoms with Crippen LogP contribution in [0.1, 0.15) is 66.0 Å². The van der Waals surface area contributed by atoms with Gasteiger partial charge in [-0.15, -0.1) is 0 Å². The third-order valence-electron chi connectivity index (χ3n) is 8.84. The first-order valence-corrected chi connectivity index (χ1v) is 15.2. The molecule has 0 spiro atoms. The molecule has 0 bridgehead atoms. The van der Waals surface area contributed by atoms with E-state index in [1.807, 2.05) is 85.8 Å². The van der Waals surface area contributed by atoms with Crippen molar-refractivity contribution < 1.29 is 23.9 Å². The normalized spacial score (nSPS) is 18.7. The lowest BCUT2D eigenvalue weighted by Gasteiger charge is -2.31. The molecule has 0 radical (unpaired) electrons. The Labute approximate surface area is 261 Å². The van der Waals surface area contributed by atoms with Crippen molar-refractivity contribution in [2.75, 3.05) is 6.54 Å². The first kappa shape index (κ1) is 29.9. The van der Waals surface area contributed by atoms with Crippen molar-refractivity contribution in [3.63, 3.8) is 0 Å². The van der Waals surface area contributed by atoms with Crippen molar-refractivity contribution in [3.05, 3.63) is 137 Å². The molecular weight excluding hydrogens is 569 g/mol. The number of nitrogens with zero attached hydrogens (tertiary/aromatic N) is 3. The minimum atomic E-state index is -1.46. The maximum atomic E-state index is 13.7. The van der Waals surface area contributed by atoms with Crippen molar-refractivity contribution in [1.82, 2.24) is 9.80 Å². The Kier molecular flexibility index (Phi) is 8.56. The predicted molar refractivity (Wildman–Crippen MR) is 170 cm³/mol. The molecule has 4 aromatic rings. The summed E-state index contributed by atoms with van der Waals surface area (Å²) in [4.78, 5) is 46.9. The van der Waals surface area contributed by atoms with E-state index < -0.39 is 30.4 Å². The molecular formula is C37H34FN3O4. The SMILES string of the molecule is C[C@H]1CC[C@@H](c2ccc(F)cc2)N1C(=O)CN(C(=O)O)C(=O)[C@H]1CCc2cc(N=C(c3ccccc3)c3ccccc3)ccc21. The summed E-state index contributed by atoms with van der Waals surface area (Å²) >= 11 is 0. The van der Waals surface area contributed by atoms with Crippen LogP contribution in [0, 0.1) is 5.82 Å². The Morgan fingerprint density at radius 2 is 1.51 bits per heavy atom. The molecule has 45 heavy (non-hydrogen) atoms. The number of hydrogen-bond acceptors (Lipinski definition) is 4. The van der Waals surface area contributed by atoms with Gasteiger partial charge in [0.05, 0.1) is 23.4 Å². The minimum Gasteiger partial charge on any atom is -0.465 e. The van der Waals surface area contributed by atoms with Gasteiger partial charge in [-0.3, -0.25) is 9.59 Å². The van der Waals surface area contributed by atoms with E-state index in [0.717, 1.165) is 45.6 Å². The van der Waals surface area contributed by atoms with E-state index in [1.165, 1.54) is 12.1 Å². The number of likely N-dealkylation sites (tertiary alicyclic amines) is 1. The van der Waals surface area contributed by atoms with Crippen LogP contribution in [-0.4, -0.2) is 51.1 Å². The average Bonchev–Trinajstić information content (AvgIpc) is 3.66. The zero-order valence-corrected chi connectivity index (χ0v) is 25.0. The highest BCUT2D eigenvalue weighted by molar-refractivity contribution is 6.14. The van der Waals surface area contributed by atoms with E-state index in [-0.39, 0.29) is 17.9 Å². The molecule has 8 heteroatoms. The monoisotopic (exact) mass is 603 g/mol. The molecule has 1 fully saturated rings. The van der Waals surface area contributed by atoms with E-state index in [2.05, 4.69) is 0 Å². The second kappa shape index (κ2) is 12.9. The molecule has 0 unspecified atom stereocenters. The molecule has 6 rings (SSSR count). The smallest absolute Gasteiger partial charge is 0.414 e. The van der Waals surface area contributed by atoms with Crippen LogP contribution >= 0.6 is 0 Å². The van der Waals surface area contributed by atoms with Gasteiger partial charge in [0.25, 0.3) is 0 Å². The van der Waals surface area contributed by atoms with E-state index in [0.29, 0.717) is 24.2 Å². The second-order valence-corrected chi connectivity index (χ2v) is 11.7. The number of benzene rings is 4. The van der Waals surface area contributed by atoms with Gasteiger partial charge in [-0.1, -0.05) is 78.9 Å². The zero-order valence-electron chi connectivity index (χ0n) is 25.0. The van der Waals surface area contributed by atoms with Gasteiger partial charge in [-0.05, 0) is 73.6 Å². The summed E-state index contributed by atoms with van der Waals surface area (Å²) in [6.07, 6.45) is 0.992. The lowest BCUT2D eigenvalue weighted by molar-refractivity contribution is -0.141. The highest BCUT2D eigenvalue weighted by Crippen LogP contribution is 2.38. The van der Waals surface area contributed by atoms with Crippen LogP contribution in [0.15, 0.2) is 108 Å². The van der Waals surface area contributed by atoms with Gasteiger partial charge < -0.3 is 10.0 Å². The molecule has 1 heterocycles. The topological polar surface area (TPSA) is 90.3 Å². The Hall–Kier alpha value is -5.11. The van der Waals surface area contributed by atoms with Gasteiger partial charge in [0, 0.05) is 17.2 Å². The standard InChI is InChI=1S/C37H34FN3O4/c1-24-12-21-33(25-13-16-29(38)17-14-25)41(24)34(42)23-40(37(44)45)36(43)32-19-15-28-22-30(18-20-31(28)32)39-35(26-8-4-2-5-9-26)27-10-6-3-7-11-27/h2-11,13-14,16-18,20,22,24,32-33H,12,15,19,21,23H2,1H3,(H,44,45)/t24-,32-,33-/m0/s1. The lowest BCUT2D eigenvalue weighted by Crippen LogP contribution is -2.48. The Morgan fingerprint density at radius 1 is 0.867 bits per heavy atom. The van der Waals surface area contributed by atoms with E-state index >= 15 is 0 Å². The fraction of sp³-hybridized carbons (Fsp3) is 0.243. The molecule has 3 atom stereocenters. The highest BCUT2D eigenvalue weighted by atomic mass is 19.1. The summed E-state index contributed by atoms with van der Waals surface area (Å²) in [5.41, 5.74) is 6.01. The van der Waals surface area contributed by atoms with Gasteiger partial charge in [-0.25, -0.2) is 19.1 Å². The number of carboxylic acid groups (broad SMARTS) is 1. The Balaban J connectivity index is 1.23. The lowest BCUT2D eigenvalue weighted by atomic mass is 9.99. The van der Waals surface area contributed by atoms with Crippen LogP contribution in [0.2, 0.25) is 0 Å². The fourth-order valence-electron chi connectivity index (χ4n) is 6.61. The summed E-state index contributed by atoms with van der Waals surface area (Å²) in [6.45, 7) is 1.34. The van der Waals surface area contributed by atoms with Crippen molar-refractivity contribution in [2.45, 2.75) is 50.6 Å².